The highest BCUT2D eigenvalue weighted by atomic mass is 32.1. The molecule has 10 nitrogen and oxygen atoms in total. The lowest BCUT2D eigenvalue weighted by molar-refractivity contribution is -0.0752. The zero-order valence-corrected chi connectivity index (χ0v) is 23.7. The van der Waals surface area contributed by atoms with Crippen molar-refractivity contribution < 1.29 is 24.1 Å². The largest absolute Gasteiger partial charge is 0.496 e. The van der Waals surface area contributed by atoms with E-state index in [9.17, 15) is 19.5 Å². The van der Waals surface area contributed by atoms with Crippen molar-refractivity contribution >= 4 is 27.5 Å². The summed E-state index contributed by atoms with van der Waals surface area (Å²) in [5.41, 5.74) is 0.115. The first kappa shape index (κ1) is 28.3. The van der Waals surface area contributed by atoms with E-state index in [0.717, 1.165) is 16.3 Å². The van der Waals surface area contributed by atoms with Crippen molar-refractivity contribution in [2.24, 2.45) is 0 Å². The molecule has 11 heteroatoms. The number of ether oxygens (including phenoxy) is 3. The van der Waals surface area contributed by atoms with Gasteiger partial charge in [0.15, 0.2) is 0 Å². The van der Waals surface area contributed by atoms with Crippen LogP contribution in [0.15, 0.2) is 52.3 Å². The number of hydrogen-bond donors (Lipinski definition) is 1. The van der Waals surface area contributed by atoms with Crippen molar-refractivity contribution in [2.75, 3.05) is 20.3 Å². The van der Waals surface area contributed by atoms with E-state index < -0.39 is 23.3 Å². The fraction of sp³-hybridized carbons (Fsp3) is 0.333. The summed E-state index contributed by atoms with van der Waals surface area (Å²) in [6, 6.07) is 8.74. The fourth-order valence-corrected chi connectivity index (χ4v) is 6.20. The minimum atomic E-state index is -1.22. The Morgan fingerprint density at radius 2 is 2.00 bits per heavy atom. The molecule has 212 valence electrons. The Morgan fingerprint density at radius 1 is 1.24 bits per heavy atom. The SMILES string of the molecule is CC#Cc1sc2c(c1C)c(=O)n(-c1cncc(C(=O)O)c1)c(=O)n2C[C@H](OC1CCOCC1)c1ccccc1OC. The van der Waals surface area contributed by atoms with Gasteiger partial charge in [-0.3, -0.25) is 14.3 Å². The summed E-state index contributed by atoms with van der Waals surface area (Å²) in [5.74, 6) is 5.31. The molecule has 0 spiro atoms. The summed E-state index contributed by atoms with van der Waals surface area (Å²) in [7, 11) is 1.58. The highest BCUT2D eigenvalue weighted by molar-refractivity contribution is 7.19. The number of aryl methyl sites for hydroxylation is 1. The van der Waals surface area contributed by atoms with E-state index in [-0.39, 0.29) is 23.9 Å². The lowest BCUT2D eigenvalue weighted by atomic mass is 10.1. The zero-order chi connectivity index (χ0) is 29.1. The number of benzene rings is 1. The van der Waals surface area contributed by atoms with Gasteiger partial charge in [0.1, 0.15) is 16.7 Å². The third-order valence-electron chi connectivity index (χ3n) is 7.04. The van der Waals surface area contributed by atoms with Gasteiger partial charge in [-0.05, 0) is 44.4 Å². The summed E-state index contributed by atoms with van der Waals surface area (Å²) >= 11 is 1.27. The summed E-state index contributed by atoms with van der Waals surface area (Å²) in [6.45, 7) is 4.72. The van der Waals surface area contributed by atoms with Crippen LogP contribution in [0.5, 0.6) is 5.75 Å². The maximum absolute atomic E-state index is 14.2. The van der Waals surface area contributed by atoms with Crippen molar-refractivity contribution in [2.45, 2.75) is 45.4 Å². The summed E-state index contributed by atoms with van der Waals surface area (Å²) in [4.78, 5) is 44.8. The van der Waals surface area contributed by atoms with Gasteiger partial charge < -0.3 is 19.3 Å². The number of carbonyl (C=O) groups is 1. The average molecular weight is 576 g/mol. The molecular weight excluding hydrogens is 546 g/mol. The number of thiophene rings is 1. The Hall–Kier alpha value is -4.24. The Labute approximate surface area is 239 Å². The molecule has 4 aromatic rings. The second-order valence-electron chi connectivity index (χ2n) is 9.56. The first-order valence-corrected chi connectivity index (χ1v) is 13.9. The van der Waals surface area contributed by atoms with Gasteiger partial charge in [-0.1, -0.05) is 24.1 Å². The Balaban J connectivity index is 1.75. The van der Waals surface area contributed by atoms with Crippen LogP contribution in [0.25, 0.3) is 15.9 Å². The first-order chi connectivity index (χ1) is 19.8. The smallest absolute Gasteiger partial charge is 0.337 e. The summed E-state index contributed by atoms with van der Waals surface area (Å²) in [5, 5.41) is 9.85. The predicted molar refractivity (Wildman–Crippen MR) is 154 cm³/mol. The van der Waals surface area contributed by atoms with E-state index in [1.54, 1.807) is 21.0 Å². The maximum Gasteiger partial charge on any atom is 0.337 e. The van der Waals surface area contributed by atoms with Gasteiger partial charge in [0, 0.05) is 25.0 Å². The summed E-state index contributed by atoms with van der Waals surface area (Å²) < 4.78 is 20.3. The van der Waals surface area contributed by atoms with Gasteiger partial charge in [-0.2, -0.15) is 0 Å². The number of aromatic nitrogens is 3. The standard InChI is InChI=1S/C30H29N3O7S/c1-4-7-25-18(2)26-27(34)33(20-14-19(29(35)36)15-31-16-20)30(37)32(28(26)41-25)17-24(40-21-10-12-39-13-11-21)22-8-5-6-9-23(22)38-3/h5-6,8-9,14-16,21,24H,10-13,17H2,1-3H3,(H,35,36)/t24-/m0/s1. The molecule has 3 aromatic heterocycles. The minimum absolute atomic E-state index is 0.0588. The molecule has 1 aliphatic rings. The van der Waals surface area contributed by atoms with Crippen molar-refractivity contribution in [3.05, 3.63) is 85.1 Å². The number of aromatic carboxylic acids is 1. The molecule has 0 unspecified atom stereocenters. The second-order valence-corrected chi connectivity index (χ2v) is 10.6. The first-order valence-electron chi connectivity index (χ1n) is 13.1. The van der Waals surface area contributed by atoms with E-state index in [0.29, 0.717) is 52.5 Å². The van der Waals surface area contributed by atoms with Crippen LogP contribution in [0.1, 0.15) is 52.2 Å². The molecular formula is C30H29N3O7S. The number of carboxylic acid groups (broad SMARTS) is 1. The molecule has 0 amide bonds. The molecule has 5 rings (SSSR count). The Morgan fingerprint density at radius 3 is 2.71 bits per heavy atom. The monoisotopic (exact) mass is 575 g/mol. The number of methoxy groups -OCH3 is 1. The van der Waals surface area contributed by atoms with Crippen LogP contribution in [0.4, 0.5) is 0 Å². The molecule has 1 atom stereocenters. The molecule has 1 fully saturated rings. The van der Waals surface area contributed by atoms with Crippen molar-refractivity contribution in [1.82, 2.24) is 14.1 Å². The van der Waals surface area contributed by atoms with Crippen LogP contribution in [-0.2, 0) is 16.0 Å². The zero-order valence-electron chi connectivity index (χ0n) is 22.9. The topological polar surface area (TPSA) is 122 Å². The van der Waals surface area contributed by atoms with Gasteiger partial charge in [-0.25, -0.2) is 14.2 Å². The summed E-state index contributed by atoms with van der Waals surface area (Å²) in [6.07, 6.45) is 3.18. The molecule has 0 aliphatic carbocycles. The number of pyridine rings is 1. The van der Waals surface area contributed by atoms with E-state index in [1.165, 1.54) is 28.2 Å². The van der Waals surface area contributed by atoms with Crippen LogP contribution < -0.4 is 16.0 Å². The third-order valence-corrected chi connectivity index (χ3v) is 8.27. The fourth-order valence-electron chi connectivity index (χ4n) is 4.99. The average Bonchev–Trinajstić information content (AvgIpc) is 3.31. The van der Waals surface area contributed by atoms with Crippen LogP contribution in [-0.4, -0.2) is 51.6 Å². The van der Waals surface area contributed by atoms with Gasteiger partial charge in [-0.15, -0.1) is 17.3 Å². The van der Waals surface area contributed by atoms with E-state index in [4.69, 9.17) is 14.2 Å². The molecule has 1 aliphatic heterocycles. The predicted octanol–water partition coefficient (Wildman–Crippen LogP) is 3.93. The van der Waals surface area contributed by atoms with E-state index in [2.05, 4.69) is 16.8 Å². The van der Waals surface area contributed by atoms with Gasteiger partial charge in [0.25, 0.3) is 5.56 Å². The lowest BCUT2D eigenvalue weighted by Gasteiger charge is -2.29. The molecule has 1 aromatic carbocycles. The maximum atomic E-state index is 14.2. The van der Waals surface area contributed by atoms with Crippen molar-refractivity contribution in [3.8, 4) is 23.3 Å². The van der Waals surface area contributed by atoms with Crippen molar-refractivity contribution in [1.29, 1.82) is 0 Å². The molecule has 0 bridgehead atoms. The second kappa shape index (κ2) is 12.1. The normalized spacial score (nSPS) is 14.4. The Bertz CT molecular complexity index is 1790. The molecule has 41 heavy (non-hydrogen) atoms. The molecule has 1 N–H and O–H groups in total. The van der Waals surface area contributed by atoms with Gasteiger partial charge in [0.05, 0.1) is 47.5 Å². The minimum Gasteiger partial charge on any atom is -0.496 e. The number of para-hydroxylation sites is 1. The van der Waals surface area contributed by atoms with Crippen LogP contribution >= 0.6 is 11.3 Å². The van der Waals surface area contributed by atoms with Crippen LogP contribution in [0.3, 0.4) is 0 Å². The third kappa shape index (κ3) is 5.54. The van der Waals surface area contributed by atoms with Crippen molar-refractivity contribution in [3.63, 3.8) is 0 Å². The Kier molecular flexibility index (Phi) is 8.35. The number of hydrogen-bond acceptors (Lipinski definition) is 8. The highest BCUT2D eigenvalue weighted by Gasteiger charge is 2.28. The molecule has 0 saturated carbocycles. The van der Waals surface area contributed by atoms with E-state index in [1.807, 2.05) is 24.3 Å². The number of fused-ring (bicyclic) bond motifs is 1. The quantitative estimate of drug-likeness (QED) is 0.314. The van der Waals surface area contributed by atoms with Crippen LogP contribution in [0, 0.1) is 18.8 Å². The molecule has 0 radical (unpaired) electrons. The molecule has 1 saturated heterocycles. The van der Waals surface area contributed by atoms with Gasteiger partial charge >= 0.3 is 11.7 Å². The number of nitrogens with zero attached hydrogens (tertiary/aromatic N) is 3. The number of carboxylic acids is 1. The van der Waals surface area contributed by atoms with E-state index >= 15 is 0 Å². The number of rotatable bonds is 8. The molecule has 4 heterocycles. The lowest BCUT2D eigenvalue weighted by Crippen LogP contribution is -2.40. The highest BCUT2D eigenvalue weighted by Crippen LogP contribution is 2.34. The van der Waals surface area contributed by atoms with Crippen LogP contribution in [0.2, 0.25) is 0 Å². The van der Waals surface area contributed by atoms with Gasteiger partial charge in [0.2, 0.25) is 0 Å².